The van der Waals surface area contributed by atoms with E-state index in [1.807, 2.05) is 0 Å². The van der Waals surface area contributed by atoms with Gasteiger partial charge in [-0.15, -0.1) is 0 Å². The van der Waals surface area contributed by atoms with E-state index in [1.165, 1.54) is 5.56 Å². The van der Waals surface area contributed by atoms with Gasteiger partial charge in [0.2, 0.25) is 0 Å². The number of ether oxygens (including phenoxy) is 1. The molecule has 2 heteroatoms. The third-order valence-electron chi connectivity index (χ3n) is 5.61. The SMILES string of the molecule is CCC(C)(C)c1ccc(OC2CC(N)C2(C)CC)cc1. The molecule has 1 aromatic carbocycles. The second kappa shape index (κ2) is 5.40. The maximum absolute atomic E-state index is 6.15. The Kier molecular flexibility index (Phi) is 4.15. The van der Waals surface area contributed by atoms with Gasteiger partial charge in [-0.3, -0.25) is 0 Å². The Morgan fingerprint density at radius 3 is 2.30 bits per heavy atom. The van der Waals surface area contributed by atoms with Crippen LogP contribution in [0.15, 0.2) is 24.3 Å². The number of benzene rings is 1. The molecule has 20 heavy (non-hydrogen) atoms. The molecule has 112 valence electrons. The van der Waals surface area contributed by atoms with Crippen molar-refractivity contribution in [2.75, 3.05) is 0 Å². The van der Waals surface area contributed by atoms with E-state index >= 15 is 0 Å². The van der Waals surface area contributed by atoms with Crippen molar-refractivity contribution in [1.82, 2.24) is 0 Å². The molecule has 1 aliphatic carbocycles. The van der Waals surface area contributed by atoms with Crippen LogP contribution in [0.5, 0.6) is 5.75 Å². The predicted octanol–water partition coefficient (Wildman–Crippen LogP) is 4.27. The van der Waals surface area contributed by atoms with Crippen molar-refractivity contribution in [3.8, 4) is 5.75 Å². The molecular weight excluding hydrogens is 246 g/mol. The highest BCUT2D eigenvalue weighted by Gasteiger charge is 2.50. The number of nitrogens with two attached hydrogens (primary N) is 1. The molecule has 0 aromatic heterocycles. The molecule has 2 nitrogen and oxygen atoms in total. The van der Waals surface area contributed by atoms with Crippen LogP contribution in [0.1, 0.15) is 59.4 Å². The van der Waals surface area contributed by atoms with Crippen LogP contribution in [0, 0.1) is 5.41 Å². The molecule has 2 N–H and O–H groups in total. The Morgan fingerprint density at radius 2 is 1.85 bits per heavy atom. The van der Waals surface area contributed by atoms with Crippen molar-refractivity contribution in [1.29, 1.82) is 0 Å². The maximum Gasteiger partial charge on any atom is 0.119 e. The molecule has 3 unspecified atom stereocenters. The normalized spacial score (nSPS) is 29.9. The smallest absolute Gasteiger partial charge is 0.119 e. The average Bonchev–Trinajstić information content (AvgIpc) is 2.46. The Labute approximate surface area is 123 Å². The Morgan fingerprint density at radius 1 is 1.25 bits per heavy atom. The largest absolute Gasteiger partial charge is 0.490 e. The highest BCUT2D eigenvalue weighted by atomic mass is 16.5. The summed E-state index contributed by atoms with van der Waals surface area (Å²) in [4.78, 5) is 0. The summed E-state index contributed by atoms with van der Waals surface area (Å²) in [5, 5.41) is 0. The molecule has 0 aliphatic heterocycles. The fourth-order valence-corrected chi connectivity index (χ4v) is 2.87. The van der Waals surface area contributed by atoms with Crippen LogP contribution < -0.4 is 10.5 Å². The molecule has 1 aliphatic rings. The highest BCUT2D eigenvalue weighted by molar-refractivity contribution is 5.32. The van der Waals surface area contributed by atoms with E-state index in [0.717, 1.165) is 25.0 Å². The highest BCUT2D eigenvalue weighted by Crippen LogP contribution is 2.44. The first-order chi connectivity index (χ1) is 9.33. The predicted molar refractivity (Wildman–Crippen MR) is 85.2 cm³/mol. The molecule has 0 heterocycles. The third-order valence-corrected chi connectivity index (χ3v) is 5.61. The minimum Gasteiger partial charge on any atom is -0.490 e. The second-order valence-electron chi connectivity index (χ2n) is 7.07. The van der Waals surface area contributed by atoms with Crippen molar-refractivity contribution < 1.29 is 4.74 Å². The van der Waals surface area contributed by atoms with Gasteiger partial charge >= 0.3 is 0 Å². The zero-order valence-electron chi connectivity index (χ0n) is 13.6. The van der Waals surface area contributed by atoms with Crippen LogP contribution in [-0.4, -0.2) is 12.1 Å². The molecule has 0 spiro atoms. The summed E-state index contributed by atoms with van der Waals surface area (Å²) in [6.45, 7) is 11.2. The molecule has 0 radical (unpaired) electrons. The topological polar surface area (TPSA) is 35.2 Å². The van der Waals surface area contributed by atoms with Gasteiger partial charge in [0.25, 0.3) is 0 Å². The van der Waals surface area contributed by atoms with E-state index in [1.54, 1.807) is 0 Å². The first kappa shape index (κ1) is 15.4. The van der Waals surface area contributed by atoms with Gasteiger partial charge in [-0.1, -0.05) is 46.8 Å². The molecule has 3 atom stereocenters. The number of hydrogen-bond donors (Lipinski definition) is 1. The van der Waals surface area contributed by atoms with E-state index in [9.17, 15) is 0 Å². The van der Waals surface area contributed by atoms with Gasteiger partial charge < -0.3 is 10.5 Å². The molecule has 0 saturated heterocycles. The Balaban J connectivity index is 2.05. The zero-order valence-corrected chi connectivity index (χ0v) is 13.6. The van der Waals surface area contributed by atoms with Crippen LogP contribution in [0.4, 0.5) is 0 Å². The van der Waals surface area contributed by atoms with Crippen molar-refractivity contribution in [2.24, 2.45) is 11.1 Å². The van der Waals surface area contributed by atoms with Crippen molar-refractivity contribution in [2.45, 2.75) is 71.4 Å². The summed E-state index contributed by atoms with van der Waals surface area (Å²) in [5.41, 5.74) is 7.86. The minimum atomic E-state index is 0.126. The van der Waals surface area contributed by atoms with E-state index in [4.69, 9.17) is 10.5 Å². The van der Waals surface area contributed by atoms with E-state index in [-0.39, 0.29) is 23.0 Å². The summed E-state index contributed by atoms with van der Waals surface area (Å²) in [7, 11) is 0. The van der Waals surface area contributed by atoms with Crippen LogP contribution in [0.25, 0.3) is 0 Å². The zero-order chi connectivity index (χ0) is 15.0. The summed E-state index contributed by atoms with van der Waals surface area (Å²) in [6.07, 6.45) is 3.43. The summed E-state index contributed by atoms with van der Waals surface area (Å²) < 4.78 is 6.15. The standard InChI is InChI=1S/C18H29NO/c1-6-17(3,4)13-8-10-14(11-9-13)20-16-12-15(19)18(16,5)7-2/h8-11,15-16H,6-7,12,19H2,1-5H3. The lowest BCUT2D eigenvalue weighted by Crippen LogP contribution is -2.61. The second-order valence-corrected chi connectivity index (χ2v) is 7.07. The van der Waals surface area contributed by atoms with E-state index in [0.29, 0.717) is 0 Å². The molecular formula is C18H29NO. The summed E-state index contributed by atoms with van der Waals surface area (Å²) in [5.74, 6) is 0.970. The van der Waals surface area contributed by atoms with Crippen LogP contribution in [0.2, 0.25) is 0 Å². The molecule has 0 bridgehead atoms. The molecule has 1 fully saturated rings. The fraction of sp³-hybridized carbons (Fsp3) is 0.667. The van der Waals surface area contributed by atoms with Gasteiger partial charge in [-0.05, 0) is 36.0 Å². The van der Waals surface area contributed by atoms with Crippen molar-refractivity contribution in [3.63, 3.8) is 0 Å². The van der Waals surface area contributed by atoms with Crippen molar-refractivity contribution >= 4 is 0 Å². The van der Waals surface area contributed by atoms with Gasteiger partial charge in [-0.25, -0.2) is 0 Å². The molecule has 1 saturated carbocycles. The first-order valence-corrected chi connectivity index (χ1v) is 7.86. The quantitative estimate of drug-likeness (QED) is 0.871. The fourth-order valence-electron chi connectivity index (χ4n) is 2.87. The number of hydrogen-bond acceptors (Lipinski definition) is 2. The van der Waals surface area contributed by atoms with Crippen LogP contribution in [0.3, 0.4) is 0 Å². The summed E-state index contributed by atoms with van der Waals surface area (Å²) >= 11 is 0. The Bertz CT molecular complexity index is 451. The minimum absolute atomic E-state index is 0.126. The average molecular weight is 275 g/mol. The third kappa shape index (κ3) is 2.58. The van der Waals surface area contributed by atoms with Gasteiger partial charge in [0.05, 0.1) is 0 Å². The lowest BCUT2D eigenvalue weighted by atomic mass is 9.62. The lowest BCUT2D eigenvalue weighted by Gasteiger charge is -2.51. The molecule has 2 rings (SSSR count). The van der Waals surface area contributed by atoms with Gasteiger partial charge in [-0.2, -0.15) is 0 Å². The Hall–Kier alpha value is -1.02. The van der Waals surface area contributed by atoms with Gasteiger partial charge in [0, 0.05) is 17.9 Å². The van der Waals surface area contributed by atoms with Crippen LogP contribution >= 0.6 is 0 Å². The monoisotopic (exact) mass is 275 g/mol. The van der Waals surface area contributed by atoms with E-state index < -0.39 is 0 Å². The maximum atomic E-state index is 6.15. The molecule has 0 amide bonds. The lowest BCUT2D eigenvalue weighted by molar-refractivity contribution is -0.0560. The number of rotatable bonds is 5. The first-order valence-electron chi connectivity index (χ1n) is 7.86. The van der Waals surface area contributed by atoms with Crippen molar-refractivity contribution in [3.05, 3.63) is 29.8 Å². The van der Waals surface area contributed by atoms with E-state index in [2.05, 4.69) is 58.9 Å². The summed E-state index contributed by atoms with van der Waals surface area (Å²) in [6, 6.07) is 8.87. The van der Waals surface area contributed by atoms with Gasteiger partial charge in [0.1, 0.15) is 11.9 Å². The van der Waals surface area contributed by atoms with Crippen LogP contribution in [-0.2, 0) is 5.41 Å². The van der Waals surface area contributed by atoms with Gasteiger partial charge in [0.15, 0.2) is 0 Å². The molecule has 1 aromatic rings.